The van der Waals surface area contributed by atoms with Gasteiger partial charge in [0.25, 0.3) is 0 Å². The van der Waals surface area contributed by atoms with Crippen LogP contribution in [-0.2, 0) is 0 Å². The van der Waals surface area contributed by atoms with Crippen LogP contribution in [0.1, 0.15) is 33.1 Å². The molecule has 0 atom stereocenters. The molecule has 0 aromatic heterocycles. The van der Waals surface area contributed by atoms with E-state index in [1.807, 2.05) is 0 Å². The van der Waals surface area contributed by atoms with E-state index in [0.717, 1.165) is 0 Å². The lowest BCUT2D eigenvalue weighted by atomic mass is 9.78. The van der Waals surface area contributed by atoms with Crippen LogP contribution in [0.3, 0.4) is 0 Å². The van der Waals surface area contributed by atoms with Crippen molar-refractivity contribution < 1.29 is 0 Å². The van der Waals surface area contributed by atoms with E-state index in [2.05, 4.69) is 30.1 Å². The SMILES string of the molecule is C/C=C(\C)CN1CCC2(CCNCC2)C1. The molecule has 0 aliphatic carbocycles. The van der Waals surface area contributed by atoms with Crippen molar-refractivity contribution in [2.75, 3.05) is 32.7 Å². The largest absolute Gasteiger partial charge is 0.317 e. The Morgan fingerprint density at radius 2 is 2.07 bits per heavy atom. The fraction of sp³-hybridized carbons (Fsp3) is 0.846. The second-order valence-electron chi connectivity index (χ2n) is 5.35. The van der Waals surface area contributed by atoms with Crippen molar-refractivity contribution in [2.24, 2.45) is 5.41 Å². The second kappa shape index (κ2) is 4.67. The summed E-state index contributed by atoms with van der Waals surface area (Å²) < 4.78 is 0. The molecule has 15 heavy (non-hydrogen) atoms. The van der Waals surface area contributed by atoms with Crippen molar-refractivity contribution in [2.45, 2.75) is 33.1 Å². The lowest BCUT2D eigenvalue weighted by molar-refractivity contribution is 0.201. The highest BCUT2D eigenvalue weighted by molar-refractivity contribution is 5.02. The quantitative estimate of drug-likeness (QED) is 0.699. The van der Waals surface area contributed by atoms with Crippen LogP contribution in [0.4, 0.5) is 0 Å². The molecular formula is C13H24N2. The number of allylic oxidation sites excluding steroid dienone is 1. The van der Waals surface area contributed by atoms with Gasteiger partial charge in [0.1, 0.15) is 0 Å². The maximum absolute atomic E-state index is 3.47. The summed E-state index contributed by atoms with van der Waals surface area (Å²) in [6, 6.07) is 0. The van der Waals surface area contributed by atoms with Gasteiger partial charge >= 0.3 is 0 Å². The van der Waals surface area contributed by atoms with E-state index >= 15 is 0 Å². The summed E-state index contributed by atoms with van der Waals surface area (Å²) in [6.45, 7) is 10.7. The molecule has 0 amide bonds. The van der Waals surface area contributed by atoms with Gasteiger partial charge in [-0.25, -0.2) is 0 Å². The molecule has 0 radical (unpaired) electrons. The minimum atomic E-state index is 0.666. The van der Waals surface area contributed by atoms with E-state index in [-0.39, 0.29) is 0 Å². The maximum atomic E-state index is 3.47. The fourth-order valence-corrected chi connectivity index (χ4v) is 2.97. The first-order valence-corrected chi connectivity index (χ1v) is 6.29. The number of nitrogens with one attached hydrogen (secondary N) is 1. The zero-order valence-corrected chi connectivity index (χ0v) is 10.2. The Balaban J connectivity index is 1.88. The van der Waals surface area contributed by atoms with Crippen molar-refractivity contribution in [1.82, 2.24) is 10.2 Å². The molecule has 2 aliphatic heterocycles. The molecule has 2 rings (SSSR count). The van der Waals surface area contributed by atoms with Crippen molar-refractivity contribution >= 4 is 0 Å². The van der Waals surface area contributed by atoms with E-state index in [9.17, 15) is 0 Å². The van der Waals surface area contributed by atoms with Crippen LogP contribution in [0, 0.1) is 5.41 Å². The summed E-state index contributed by atoms with van der Waals surface area (Å²) >= 11 is 0. The minimum absolute atomic E-state index is 0.666. The molecule has 86 valence electrons. The Hall–Kier alpha value is -0.340. The Morgan fingerprint density at radius 1 is 1.33 bits per heavy atom. The fourth-order valence-electron chi connectivity index (χ4n) is 2.97. The van der Waals surface area contributed by atoms with Crippen LogP contribution in [0.15, 0.2) is 11.6 Å². The first-order valence-electron chi connectivity index (χ1n) is 6.29. The van der Waals surface area contributed by atoms with Gasteiger partial charge in [-0.1, -0.05) is 11.6 Å². The Kier molecular flexibility index (Phi) is 3.47. The molecule has 2 fully saturated rings. The average molecular weight is 208 g/mol. The Labute approximate surface area is 93.7 Å². The number of hydrogen-bond donors (Lipinski definition) is 1. The first kappa shape index (κ1) is 11.2. The van der Waals surface area contributed by atoms with Gasteiger partial charge in [0.05, 0.1) is 0 Å². The monoisotopic (exact) mass is 208 g/mol. The van der Waals surface area contributed by atoms with Gasteiger partial charge in [-0.15, -0.1) is 0 Å². The van der Waals surface area contributed by atoms with Crippen LogP contribution in [0.25, 0.3) is 0 Å². The highest BCUT2D eigenvalue weighted by Gasteiger charge is 2.38. The van der Waals surface area contributed by atoms with E-state index in [4.69, 9.17) is 0 Å². The van der Waals surface area contributed by atoms with E-state index in [1.165, 1.54) is 57.6 Å². The lowest BCUT2D eigenvalue weighted by Crippen LogP contribution is -2.38. The molecule has 2 saturated heterocycles. The number of likely N-dealkylation sites (tertiary alicyclic amines) is 1. The third-order valence-electron chi connectivity index (χ3n) is 4.15. The Bertz CT molecular complexity index is 239. The molecule has 0 saturated carbocycles. The predicted molar refractivity (Wildman–Crippen MR) is 65.0 cm³/mol. The second-order valence-corrected chi connectivity index (χ2v) is 5.35. The normalized spacial score (nSPS) is 27.5. The van der Waals surface area contributed by atoms with E-state index < -0.39 is 0 Å². The molecule has 0 bridgehead atoms. The lowest BCUT2D eigenvalue weighted by Gasteiger charge is -2.34. The van der Waals surface area contributed by atoms with Crippen LogP contribution in [-0.4, -0.2) is 37.6 Å². The first-order chi connectivity index (χ1) is 7.24. The van der Waals surface area contributed by atoms with Crippen molar-refractivity contribution in [3.63, 3.8) is 0 Å². The van der Waals surface area contributed by atoms with E-state index in [1.54, 1.807) is 0 Å². The van der Waals surface area contributed by atoms with Gasteiger partial charge < -0.3 is 5.32 Å². The summed E-state index contributed by atoms with van der Waals surface area (Å²) in [7, 11) is 0. The minimum Gasteiger partial charge on any atom is -0.317 e. The maximum Gasteiger partial charge on any atom is 0.0190 e. The van der Waals surface area contributed by atoms with Crippen molar-refractivity contribution in [1.29, 1.82) is 0 Å². The number of rotatable bonds is 2. The molecule has 0 unspecified atom stereocenters. The highest BCUT2D eigenvalue weighted by atomic mass is 15.2. The number of hydrogen-bond acceptors (Lipinski definition) is 2. The molecule has 0 aromatic carbocycles. The smallest absolute Gasteiger partial charge is 0.0190 e. The van der Waals surface area contributed by atoms with Gasteiger partial charge in [0.15, 0.2) is 0 Å². The number of nitrogens with zero attached hydrogens (tertiary/aromatic N) is 1. The van der Waals surface area contributed by atoms with Gasteiger partial charge in [-0.05, 0) is 58.2 Å². The van der Waals surface area contributed by atoms with Crippen LogP contribution in [0.2, 0.25) is 0 Å². The molecule has 2 heterocycles. The summed E-state index contributed by atoms with van der Waals surface area (Å²) in [4.78, 5) is 2.64. The molecule has 0 aromatic rings. The van der Waals surface area contributed by atoms with Gasteiger partial charge in [-0.3, -0.25) is 4.90 Å². The zero-order valence-electron chi connectivity index (χ0n) is 10.2. The van der Waals surface area contributed by atoms with E-state index in [0.29, 0.717) is 5.41 Å². The van der Waals surface area contributed by atoms with Gasteiger partial charge in [-0.2, -0.15) is 0 Å². The van der Waals surface area contributed by atoms with Gasteiger partial charge in [0.2, 0.25) is 0 Å². The summed E-state index contributed by atoms with van der Waals surface area (Å²) in [6.07, 6.45) is 6.44. The average Bonchev–Trinajstić information content (AvgIpc) is 2.62. The third kappa shape index (κ3) is 2.61. The van der Waals surface area contributed by atoms with Crippen LogP contribution < -0.4 is 5.32 Å². The zero-order chi connectivity index (χ0) is 10.7. The predicted octanol–water partition coefficient (Wildman–Crippen LogP) is 2.03. The molecule has 2 heteroatoms. The standard InChI is InChI=1S/C13H24N2/c1-3-12(2)10-15-9-6-13(11-15)4-7-14-8-5-13/h3,14H,4-11H2,1-2H3/b12-3+. The Morgan fingerprint density at radius 3 is 2.73 bits per heavy atom. The van der Waals surface area contributed by atoms with Crippen molar-refractivity contribution in [3.8, 4) is 0 Å². The molecule has 2 aliphatic rings. The topological polar surface area (TPSA) is 15.3 Å². The highest BCUT2D eigenvalue weighted by Crippen LogP contribution is 2.38. The van der Waals surface area contributed by atoms with Crippen LogP contribution >= 0.6 is 0 Å². The summed E-state index contributed by atoms with van der Waals surface area (Å²) in [5, 5.41) is 3.47. The van der Waals surface area contributed by atoms with Crippen LogP contribution in [0.5, 0.6) is 0 Å². The van der Waals surface area contributed by atoms with Gasteiger partial charge in [0, 0.05) is 13.1 Å². The third-order valence-corrected chi connectivity index (χ3v) is 4.15. The molecule has 1 spiro atoms. The van der Waals surface area contributed by atoms with Crippen molar-refractivity contribution in [3.05, 3.63) is 11.6 Å². The number of piperidine rings is 1. The molecule has 2 nitrogen and oxygen atoms in total. The summed E-state index contributed by atoms with van der Waals surface area (Å²) in [5.74, 6) is 0. The molecular weight excluding hydrogens is 184 g/mol. The summed E-state index contributed by atoms with van der Waals surface area (Å²) in [5.41, 5.74) is 2.18. The molecule has 1 N–H and O–H groups in total.